The third-order valence-corrected chi connectivity index (χ3v) is 3.06. The van der Waals surface area contributed by atoms with Crippen molar-refractivity contribution >= 4 is 23.1 Å². The lowest BCUT2D eigenvalue weighted by molar-refractivity contribution is -0.141. The minimum absolute atomic E-state index is 0.116. The van der Waals surface area contributed by atoms with E-state index in [1.54, 1.807) is 0 Å². The van der Waals surface area contributed by atoms with E-state index >= 15 is 0 Å². The zero-order chi connectivity index (χ0) is 15.2. The second-order valence-electron chi connectivity index (χ2n) is 5.04. The Kier molecular flexibility index (Phi) is 2.92. The van der Waals surface area contributed by atoms with Gasteiger partial charge in [-0.1, -0.05) is 0 Å². The van der Waals surface area contributed by atoms with E-state index in [4.69, 9.17) is 5.11 Å². The molecule has 20 heavy (non-hydrogen) atoms. The summed E-state index contributed by atoms with van der Waals surface area (Å²) in [6.07, 6.45) is 0. The van der Waals surface area contributed by atoms with E-state index in [0.29, 0.717) is 0 Å². The van der Waals surface area contributed by atoms with Gasteiger partial charge in [0.15, 0.2) is 11.2 Å². The predicted octanol–water partition coefficient (Wildman–Crippen LogP) is -0.765. The van der Waals surface area contributed by atoms with Crippen LogP contribution in [-0.4, -0.2) is 35.7 Å². The molecule has 3 N–H and O–H groups in total. The summed E-state index contributed by atoms with van der Waals surface area (Å²) < 4.78 is 2.17. The molecule has 0 bridgehead atoms. The molecule has 2 aromatic heterocycles. The van der Waals surface area contributed by atoms with Gasteiger partial charge in [0.1, 0.15) is 5.54 Å². The van der Waals surface area contributed by atoms with Crippen LogP contribution in [0.25, 0.3) is 11.2 Å². The molecule has 0 aliphatic heterocycles. The molecule has 0 radical (unpaired) electrons. The van der Waals surface area contributed by atoms with Gasteiger partial charge < -0.3 is 15.4 Å². The van der Waals surface area contributed by atoms with E-state index in [1.165, 1.54) is 32.5 Å². The number of carbonyl (C=O) groups is 1. The highest BCUT2D eigenvalue weighted by molar-refractivity contribution is 5.82. The lowest BCUT2D eigenvalue weighted by atomic mass is 10.1. The lowest BCUT2D eigenvalue weighted by Crippen LogP contribution is -2.40. The molecule has 0 saturated heterocycles. The molecule has 0 atom stereocenters. The summed E-state index contributed by atoms with van der Waals surface area (Å²) in [6.45, 7) is 2.92. The van der Waals surface area contributed by atoms with Crippen LogP contribution in [0.1, 0.15) is 13.8 Å². The maximum Gasteiger partial charge on any atom is 0.332 e. The van der Waals surface area contributed by atoms with Crippen molar-refractivity contribution in [3.63, 3.8) is 0 Å². The first-order chi connectivity index (χ1) is 9.15. The van der Waals surface area contributed by atoms with Crippen molar-refractivity contribution in [1.82, 2.24) is 19.1 Å². The first kappa shape index (κ1) is 13.8. The quantitative estimate of drug-likeness (QED) is 0.679. The second-order valence-corrected chi connectivity index (χ2v) is 5.04. The molecule has 2 rings (SSSR count). The summed E-state index contributed by atoms with van der Waals surface area (Å²) in [6, 6.07) is 0. The number of anilines is 1. The Labute approximate surface area is 112 Å². The number of aromatic nitrogens is 4. The molecule has 0 saturated carbocycles. The number of imidazole rings is 1. The molecule has 0 fully saturated rings. The van der Waals surface area contributed by atoms with Crippen LogP contribution in [0.4, 0.5) is 5.95 Å². The maximum atomic E-state index is 11.9. The van der Waals surface area contributed by atoms with E-state index in [0.717, 1.165) is 4.57 Å². The van der Waals surface area contributed by atoms with Crippen LogP contribution in [-0.2, 0) is 18.9 Å². The SMILES string of the molecule is Cn1c(=O)c2[nH]c(NC(C)(C)C(=O)O)nc2n(C)c1=O. The van der Waals surface area contributed by atoms with E-state index in [2.05, 4.69) is 15.3 Å². The summed E-state index contributed by atoms with van der Waals surface area (Å²) in [5.41, 5.74) is -1.98. The molecule has 108 valence electrons. The van der Waals surface area contributed by atoms with E-state index in [1.807, 2.05) is 0 Å². The number of carboxylic acids is 1. The number of hydrogen-bond acceptors (Lipinski definition) is 5. The third kappa shape index (κ3) is 1.96. The monoisotopic (exact) mass is 281 g/mol. The summed E-state index contributed by atoms with van der Waals surface area (Å²) in [5.74, 6) is -0.953. The molecule has 0 amide bonds. The Morgan fingerprint density at radius 2 is 1.90 bits per heavy atom. The van der Waals surface area contributed by atoms with Gasteiger partial charge in [-0.15, -0.1) is 0 Å². The number of carboxylic acid groups (broad SMARTS) is 1. The molecule has 9 heteroatoms. The highest BCUT2D eigenvalue weighted by Gasteiger charge is 2.28. The third-order valence-electron chi connectivity index (χ3n) is 3.06. The van der Waals surface area contributed by atoms with Crippen molar-refractivity contribution in [3.05, 3.63) is 20.8 Å². The van der Waals surface area contributed by atoms with Crippen LogP contribution in [0.5, 0.6) is 0 Å². The minimum Gasteiger partial charge on any atom is -0.480 e. The minimum atomic E-state index is -1.27. The number of aliphatic carboxylic acids is 1. The summed E-state index contributed by atoms with van der Waals surface area (Å²) >= 11 is 0. The van der Waals surface area contributed by atoms with Crippen molar-refractivity contribution in [2.24, 2.45) is 14.1 Å². The smallest absolute Gasteiger partial charge is 0.332 e. The van der Waals surface area contributed by atoms with Crippen LogP contribution in [0.15, 0.2) is 9.59 Å². The molecule has 0 aliphatic carbocycles. The van der Waals surface area contributed by atoms with Gasteiger partial charge in [-0.2, -0.15) is 4.98 Å². The van der Waals surface area contributed by atoms with Gasteiger partial charge in [0, 0.05) is 14.1 Å². The number of aromatic amines is 1. The molecule has 2 heterocycles. The first-order valence-electron chi connectivity index (χ1n) is 5.82. The zero-order valence-electron chi connectivity index (χ0n) is 11.5. The summed E-state index contributed by atoms with van der Waals surface area (Å²) in [4.78, 5) is 41.5. The van der Waals surface area contributed by atoms with E-state index in [9.17, 15) is 14.4 Å². The number of nitrogens with one attached hydrogen (secondary N) is 2. The normalized spacial score (nSPS) is 11.8. The van der Waals surface area contributed by atoms with Gasteiger partial charge in [0.05, 0.1) is 0 Å². The molecule has 0 aliphatic rings. The Morgan fingerprint density at radius 3 is 2.45 bits per heavy atom. The summed E-state index contributed by atoms with van der Waals surface area (Å²) in [5, 5.41) is 11.7. The van der Waals surface area contributed by atoms with Crippen molar-refractivity contribution in [2.45, 2.75) is 19.4 Å². The fourth-order valence-electron chi connectivity index (χ4n) is 1.73. The molecule has 2 aromatic rings. The number of hydrogen-bond donors (Lipinski definition) is 3. The van der Waals surface area contributed by atoms with Gasteiger partial charge in [-0.25, -0.2) is 9.59 Å². The van der Waals surface area contributed by atoms with E-state index < -0.39 is 22.8 Å². The predicted molar refractivity (Wildman–Crippen MR) is 71.9 cm³/mol. The maximum absolute atomic E-state index is 11.9. The van der Waals surface area contributed by atoms with Crippen molar-refractivity contribution in [1.29, 1.82) is 0 Å². The topological polar surface area (TPSA) is 122 Å². The fraction of sp³-hybridized carbons (Fsp3) is 0.455. The number of H-pyrrole nitrogens is 1. The Hall–Kier alpha value is -2.58. The van der Waals surface area contributed by atoms with Gasteiger partial charge in [-0.3, -0.25) is 13.9 Å². The van der Waals surface area contributed by atoms with Gasteiger partial charge >= 0.3 is 11.7 Å². The Morgan fingerprint density at radius 1 is 1.30 bits per heavy atom. The van der Waals surface area contributed by atoms with Gasteiger partial charge in [0.25, 0.3) is 5.56 Å². The standard InChI is InChI=1S/C11H15N5O4/c1-11(2,8(18)19)14-9-12-5-6(13-9)15(3)10(20)16(4)7(5)17/h1-4H3,(H,18,19)(H2,12,13,14). The largest absolute Gasteiger partial charge is 0.480 e. The molecule has 0 spiro atoms. The molecular weight excluding hydrogens is 266 g/mol. The van der Waals surface area contributed by atoms with Crippen LogP contribution >= 0.6 is 0 Å². The number of rotatable bonds is 3. The first-order valence-corrected chi connectivity index (χ1v) is 5.82. The zero-order valence-corrected chi connectivity index (χ0v) is 11.5. The fourth-order valence-corrected chi connectivity index (χ4v) is 1.73. The van der Waals surface area contributed by atoms with Crippen molar-refractivity contribution in [3.8, 4) is 0 Å². The molecule has 0 unspecified atom stereocenters. The van der Waals surface area contributed by atoms with Gasteiger partial charge in [0.2, 0.25) is 5.95 Å². The average molecular weight is 281 g/mol. The van der Waals surface area contributed by atoms with Crippen LogP contribution in [0.3, 0.4) is 0 Å². The number of nitrogens with zero attached hydrogens (tertiary/aromatic N) is 3. The highest BCUT2D eigenvalue weighted by Crippen LogP contribution is 2.14. The van der Waals surface area contributed by atoms with Crippen LogP contribution in [0, 0.1) is 0 Å². The van der Waals surface area contributed by atoms with Crippen LogP contribution < -0.4 is 16.6 Å². The van der Waals surface area contributed by atoms with E-state index in [-0.39, 0.29) is 17.1 Å². The van der Waals surface area contributed by atoms with Crippen LogP contribution in [0.2, 0.25) is 0 Å². The Balaban J connectivity index is 2.64. The number of aryl methyl sites for hydroxylation is 1. The number of fused-ring (bicyclic) bond motifs is 1. The second kappa shape index (κ2) is 4.22. The average Bonchev–Trinajstić information content (AvgIpc) is 2.77. The Bertz CT molecular complexity index is 811. The summed E-state index contributed by atoms with van der Waals surface area (Å²) in [7, 11) is 2.84. The lowest BCUT2D eigenvalue weighted by Gasteiger charge is -2.19. The highest BCUT2D eigenvalue weighted by atomic mass is 16.4. The van der Waals surface area contributed by atoms with Crippen molar-refractivity contribution in [2.75, 3.05) is 5.32 Å². The van der Waals surface area contributed by atoms with Gasteiger partial charge in [-0.05, 0) is 13.8 Å². The molecule has 9 nitrogen and oxygen atoms in total. The molecular formula is C11H15N5O4. The molecule has 0 aromatic carbocycles. The van der Waals surface area contributed by atoms with Crippen molar-refractivity contribution < 1.29 is 9.90 Å².